The lowest BCUT2D eigenvalue weighted by Crippen LogP contribution is -2.29. The number of amides is 1. The Morgan fingerprint density at radius 3 is 2.25 bits per heavy atom. The molecule has 4 aromatic carbocycles. The molecule has 4 aromatic rings. The van der Waals surface area contributed by atoms with Crippen LogP contribution in [-0.4, -0.2) is 5.91 Å². The first kappa shape index (κ1) is 14.3. The van der Waals surface area contributed by atoms with Crippen molar-refractivity contribution in [1.29, 1.82) is 0 Å². The Balaban J connectivity index is 1.57. The molecular weight excluding hydrogens is 296 g/mol. The molecule has 0 aliphatic heterocycles. The zero-order chi connectivity index (χ0) is 16.4. The fourth-order valence-electron chi connectivity index (χ4n) is 2.86. The lowest BCUT2D eigenvalue weighted by atomic mass is 10.1. The van der Waals surface area contributed by atoms with Gasteiger partial charge < -0.3 is 0 Å². The zero-order valence-corrected chi connectivity index (χ0v) is 13.0. The van der Waals surface area contributed by atoms with E-state index in [2.05, 4.69) is 10.9 Å². The Labute approximate surface area is 139 Å². The van der Waals surface area contributed by atoms with Gasteiger partial charge in [0.25, 0.3) is 5.91 Å². The summed E-state index contributed by atoms with van der Waals surface area (Å²) >= 11 is 0. The van der Waals surface area contributed by atoms with Crippen molar-refractivity contribution >= 4 is 33.1 Å². The average molecular weight is 312 g/mol. The topological polar surface area (TPSA) is 41.1 Å². The maximum atomic E-state index is 12.4. The minimum Gasteiger partial charge on any atom is -0.298 e. The zero-order valence-electron chi connectivity index (χ0n) is 13.0. The molecule has 0 fully saturated rings. The van der Waals surface area contributed by atoms with E-state index >= 15 is 0 Å². The van der Waals surface area contributed by atoms with Crippen molar-refractivity contribution in [2.75, 3.05) is 5.43 Å². The second-order valence-corrected chi connectivity index (χ2v) is 5.67. The second-order valence-electron chi connectivity index (χ2n) is 5.67. The van der Waals surface area contributed by atoms with Gasteiger partial charge in [0.05, 0.1) is 5.69 Å². The monoisotopic (exact) mass is 312 g/mol. The summed E-state index contributed by atoms with van der Waals surface area (Å²) in [6.07, 6.45) is 0. The van der Waals surface area contributed by atoms with Crippen molar-refractivity contribution < 1.29 is 4.79 Å². The quantitative estimate of drug-likeness (QED) is 0.536. The molecule has 4 rings (SSSR count). The van der Waals surface area contributed by atoms with Gasteiger partial charge in [0.1, 0.15) is 0 Å². The minimum atomic E-state index is -0.159. The molecule has 3 heteroatoms. The summed E-state index contributed by atoms with van der Waals surface area (Å²) in [5, 5.41) is 4.37. The fourth-order valence-corrected chi connectivity index (χ4v) is 2.86. The number of hydrazine groups is 1. The third kappa shape index (κ3) is 2.68. The lowest BCUT2D eigenvalue weighted by molar-refractivity contribution is 0.0963. The summed E-state index contributed by atoms with van der Waals surface area (Å²) in [6.45, 7) is 0. The van der Waals surface area contributed by atoms with Gasteiger partial charge in [-0.2, -0.15) is 0 Å². The van der Waals surface area contributed by atoms with E-state index in [9.17, 15) is 4.79 Å². The first-order valence-corrected chi connectivity index (χ1v) is 7.84. The second kappa shape index (κ2) is 6.05. The molecule has 1 amide bonds. The average Bonchev–Trinajstić information content (AvgIpc) is 2.65. The summed E-state index contributed by atoms with van der Waals surface area (Å²) in [7, 11) is 0. The summed E-state index contributed by atoms with van der Waals surface area (Å²) in [6, 6.07) is 27.7. The van der Waals surface area contributed by atoms with Crippen LogP contribution in [0.25, 0.3) is 21.5 Å². The van der Waals surface area contributed by atoms with Crippen molar-refractivity contribution in [3.8, 4) is 0 Å². The maximum Gasteiger partial charge on any atom is 0.269 e. The summed E-state index contributed by atoms with van der Waals surface area (Å²) < 4.78 is 0. The molecule has 24 heavy (non-hydrogen) atoms. The number of rotatable bonds is 3. The van der Waals surface area contributed by atoms with Gasteiger partial charge in [0.2, 0.25) is 0 Å². The number of carbonyl (C=O) groups excluding carboxylic acids is 1. The molecule has 0 saturated carbocycles. The third-order valence-corrected chi connectivity index (χ3v) is 4.11. The van der Waals surface area contributed by atoms with Crippen molar-refractivity contribution in [3.63, 3.8) is 0 Å². The minimum absolute atomic E-state index is 0.159. The predicted molar refractivity (Wildman–Crippen MR) is 99.0 cm³/mol. The van der Waals surface area contributed by atoms with Crippen LogP contribution in [0.4, 0.5) is 5.69 Å². The van der Waals surface area contributed by atoms with E-state index in [1.807, 2.05) is 84.9 Å². The fraction of sp³-hybridized carbons (Fsp3) is 0. The van der Waals surface area contributed by atoms with Crippen LogP contribution in [0.2, 0.25) is 0 Å². The molecule has 0 heterocycles. The number of nitrogens with one attached hydrogen (secondary N) is 2. The van der Waals surface area contributed by atoms with Gasteiger partial charge >= 0.3 is 0 Å². The Morgan fingerprint density at radius 2 is 1.38 bits per heavy atom. The summed E-state index contributed by atoms with van der Waals surface area (Å²) in [5.74, 6) is -0.159. The Bertz CT molecular complexity index is 1030. The Kier molecular flexibility index (Phi) is 3.60. The van der Waals surface area contributed by atoms with Crippen molar-refractivity contribution in [1.82, 2.24) is 5.43 Å². The maximum absolute atomic E-state index is 12.4. The third-order valence-electron chi connectivity index (χ3n) is 4.11. The van der Waals surface area contributed by atoms with Crippen LogP contribution in [0, 0.1) is 0 Å². The molecule has 2 N–H and O–H groups in total. The Morgan fingerprint density at radius 1 is 0.667 bits per heavy atom. The van der Waals surface area contributed by atoms with Crippen LogP contribution in [0.1, 0.15) is 10.4 Å². The van der Waals surface area contributed by atoms with Crippen LogP contribution in [-0.2, 0) is 0 Å². The highest BCUT2D eigenvalue weighted by atomic mass is 16.2. The van der Waals surface area contributed by atoms with Gasteiger partial charge in [-0.3, -0.25) is 15.6 Å². The predicted octanol–water partition coefficient (Wildman–Crippen LogP) is 4.75. The van der Waals surface area contributed by atoms with E-state index in [-0.39, 0.29) is 5.91 Å². The smallest absolute Gasteiger partial charge is 0.269 e. The van der Waals surface area contributed by atoms with E-state index in [4.69, 9.17) is 0 Å². The first-order valence-electron chi connectivity index (χ1n) is 7.84. The van der Waals surface area contributed by atoms with E-state index in [1.165, 1.54) is 0 Å². The van der Waals surface area contributed by atoms with Gasteiger partial charge in [0, 0.05) is 10.9 Å². The van der Waals surface area contributed by atoms with E-state index in [0.29, 0.717) is 5.56 Å². The molecule has 116 valence electrons. The Hall–Kier alpha value is -3.33. The number of hydrogen-bond donors (Lipinski definition) is 2. The van der Waals surface area contributed by atoms with E-state index in [1.54, 1.807) is 0 Å². The molecule has 0 atom stereocenters. The van der Waals surface area contributed by atoms with E-state index < -0.39 is 0 Å². The van der Waals surface area contributed by atoms with Crippen molar-refractivity contribution in [2.24, 2.45) is 0 Å². The van der Waals surface area contributed by atoms with Crippen LogP contribution >= 0.6 is 0 Å². The number of hydrogen-bond acceptors (Lipinski definition) is 2. The first-order chi connectivity index (χ1) is 11.8. The van der Waals surface area contributed by atoms with Crippen LogP contribution in [0.5, 0.6) is 0 Å². The highest BCUT2D eigenvalue weighted by Crippen LogP contribution is 2.22. The van der Waals surface area contributed by atoms with E-state index in [0.717, 1.165) is 27.2 Å². The molecule has 0 spiro atoms. The highest BCUT2D eigenvalue weighted by Gasteiger charge is 2.07. The van der Waals surface area contributed by atoms with Gasteiger partial charge in [0.15, 0.2) is 0 Å². The van der Waals surface area contributed by atoms with Gasteiger partial charge in [-0.05, 0) is 34.4 Å². The molecule has 0 radical (unpaired) electrons. The van der Waals surface area contributed by atoms with Gasteiger partial charge in [-0.1, -0.05) is 66.7 Å². The van der Waals surface area contributed by atoms with Crippen molar-refractivity contribution in [2.45, 2.75) is 0 Å². The highest BCUT2D eigenvalue weighted by molar-refractivity contribution is 6.00. The molecular formula is C21H16N2O. The molecule has 0 aliphatic rings. The number of fused-ring (bicyclic) bond motifs is 2. The molecule has 0 aliphatic carbocycles. The SMILES string of the molecule is O=C(NNc1cccc2ccccc12)c1ccc2ccccc2c1. The summed E-state index contributed by atoms with van der Waals surface area (Å²) in [4.78, 5) is 12.4. The molecule has 0 saturated heterocycles. The standard InChI is InChI=1S/C21H16N2O/c24-21(18-13-12-15-6-1-2-8-17(15)14-18)23-22-20-11-5-9-16-7-3-4-10-19(16)20/h1-14,22H,(H,23,24). The molecule has 0 aromatic heterocycles. The van der Waals surface area contributed by atoms with Crippen molar-refractivity contribution in [3.05, 3.63) is 90.5 Å². The summed E-state index contributed by atoms with van der Waals surface area (Å²) in [5.41, 5.74) is 7.32. The molecule has 3 nitrogen and oxygen atoms in total. The van der Waals surface area contributed by atoms with Gasteiger partial charge in [-0.25, -0.2) is 0 Å². The van der Waals surface area contributed by atoms with Crippen LogP contribution < -0.4 is 10.9 Å². The number of carbonyl (C=O) groups is 1. The number of benzene rings is 4. The van der Waals surface area contributed by atoms with Crippen LogP contribution in [0.3, 0.4) is 0 Å². The number of anilines is 1. The van der Waals surface area contributed by atoms with Crippen LogP contribution in [0.15, 0.2) is 84.9 Å². The largest absolute Gasteiger partial charge is 0.298 e. The van der Waals surface area contributed by atoms with Gasteiger partial charge in [-0.15, -0.1) is 0 Å². The molecule has 0 bridgehead atoms. The lowest BCUT2D eigenvalue weighted by Gasteiger charge is -2.11. The normalized spacial score (nSPS) is 10.7. The molecule has 0 unspecified atom stereocenters.